The second kappa shape index (κ2) is 13.3. The summed E-state index contributed by atoms with van der Waals surface area (Å²) < 4.78 is 6.59. The molecule has 0 unspecified atom stereocenters. The minimum Gasteiger partial charge on any atom is -0.444 e. The number of hydrogen-bond donors (Lipinski definition) is 1. The van der Waals surface area contributed by atoms with E-state index < -0.39 is 5.60 Å². The molecule has 2 aliphatic rings. The highest BCUT2D eigenvalue weighted by atomic mass is 79.9. The van der Waals surface area contributed by atoms with Gasteiger partial charge in [0, 0.05) is 42.9 Å². The van der Waals surface area contributed by atoms with Gasteiger partial charge in [-0.3, -0.25) is 0 Å². The van der Waals surface area contributed by atoms with E-state index in [9.17, 15) is 9.90 Å². The molecule has 1 amide bonds. The normalized spacial score (nSPS) is 16.5. The number of allylic oxidation sites excluding steroid dienone is 7. The van der Waals surface area contributed by atoms with E-state index in [1.54, 1.807) is 4.90 Å². The number of rotatable bonds is 7. The van der Waals surface area contributed by atoms with Crippen molar-refractivity contribution in [3.8, 4) is 0 Å². The van der Waals surface area contributed by atoms with E-state index in [1.807, 2.05) is 20.8 Å². The molecule has 39 heavy (non-hydrogen) atoms. The molecule has 1 N–H and O–H groups in total. The number of piperazine rings is 1. The molecule has 0 bridgehead atoms. The summed E-state index contributed by atoms with van der Waals surface area (Å²) in [6, 6.07) is 17.2. The zero-order valence-electron chi connectivity index (χ0n) is 23.2. The molecule has 1 fully saturated rings. The smallest absolute Gasteiger partial charge is 0.410 e. The summed E-state index contributed by atoms with van der Waals surface area (Å²) in [6.07, 6.45) is 12.9. The third-order valence-corrected chi connectivity index (χ3v) is 7.35. The first-order chi connectivity index (χ1) is 18.7. The number of halogens is 1. The third-order valence-electron chi connectivity index (χ3n) is 6.82. The number of aliphatic hydroxyl groups excluding tert-OH is 1. The molecule has 0 radical (unpaired) electrons. The molecule has 0 aromatic heterocycles. The standard InChI is InChI=1S/C33H39BrN2O3/c1-33(2,3)39-32(38)36-22-20-35(21-23-36)29-18-14-27(15-19-29)31(26-12-16-28(34)17-13-26)30(11-8-24-37)25-9-6-4-5-7-10-25/h4-6,9-10,12-19,37H,7-8,11,20-24H2,1-3H3/b31-30-. The molecule has 1 heterocycles. The fraction of sp³-hybridized carbons (Fsp3) is 0.364. The van der Waals surface area contributed by atoms with Gasteiger partial charge >= 0.3 is 6.09 Å². The Morgan fingerprint density at radius 1 is 0.949 bits per heavy atom. The van der Waals surface area contributed by atoms with Crippen LogP contribution >= 0.6 is 15.9 Å². The van der Waals surface area contributed by atoms with E-state index in [1.165, 1.54) is 16.7 Å². The molecule has 1 aliphatic carbocycles. The molecule has 2 aromatic rings. The van der Waals surface area contributed by atoms with Gasteiger partial charge in [0.2, 0.25) is 0 Å². The van der Waals surface area contributed by atoms with Crippen LogP contribution in [0.15, 0.2) is 94.5 Å². The van der Waals surface area contributed by atoms with E-state index in [4.69, 9.17) is 4.74 Å². The van der Waals surface area contributed by atoms with Gasteiger partial charge in [-0.2, -0.15) is 0 Å². The quantitative estimate of drug-likeness (QED) is 0.362. The maximum atomic E-state index is 12.5. The first-order valence-corrected chi connectivity index (χ1v) is 14.5. The van der Waals surface area contributed by atoms with Crippen molar-refractivity contribution in [3.63, 3.8) is 0 Å². The Kier molecular flexibility index (Phi) is 9.87. The zero-order chi connectivity index (χ0) is 27.8. The fourth-order valence-electron chi connectivity index (χ4n) is 4.92. The Labute approximate surface area is 241 Å². The molecule has 6 heteroatoms. The van der Waals surface area contributed by atoms with Crippen LogP contribution in [-0.4, -0.2) is 54.5 Å². The third kappa shape index (κ3) is 7.96. The predicted molar refractivity (Wildman–Crippen MR) is 164 cm³/mol. The summed E-state index contributed by atoms with van der Waals surface area (Å²) in [5, 5.41) is 9.70. The average molecular weight is 592 g/mol. The summed E-state index contributed by atoms with van der Waals surface area (Å²) in [5.74, 6) is 0. The predicted octanol–water partition coefficient (Wildman–Crippen LogP) is 7.52. The van der Waals surface area contributed by atoms with E-state index in [0.717, 1.165) is 47.2 Å². The Balaban J connectivity index is 1.62. The number of anilines is 1. The van der Waals surface area contributed by atoms with Crippen molar-refractivity contribution in [2.75, 3.05) is 37.7 Å². The van der Waals surface area contributed by atoms with Gasteiger partial charge in [0.05, 0.1) is 0 Å². The Hall–Kier alpha value is -3.09. The second-order valence-corrected chi connectivity index (χ2v) is 11.8. The van der Waals surface area contributed by atoms with Crippen LogP contribution < -0.4 is 4.90 Å². The molecule has 0 spiro atoms. The van der Waals surface area contributed by atoms with Crippen molar-refractivity contribution in [3.05, 3.63) is 106 Å². The lowest BCUT2D eigenvalue weighted by Gasteiger charge is -2.36. The molecular weight excluding hydrogens is 552 g/mol. The number of aliphatic hydroxyl groups is 1. The first kappa shape index (κ1) is 28.9. The molecule has 0 saturated carbocycles. The minimum absolute atomic E-state index is 0.153. The molecule has 1 saturated heterocycles. The largest absolute Gasteiger partial charge is 0.444 e. The number of amides is 1. The maximum absolute atomic E-state index is 12.5. The van der Waals surface area contributed by atoms with E-state index in [0.29, 0.717) is 19.5 Å². The van der Waals surface area contributed by atoms with Crippen LogP contribution in [0.3, 0.4) is 0 Å². The maximum Gasteiger partial charge on any atom is 0.410 e. The molecule has 206 valence electrons. The van der Waals surface area contributed by atoms with Gasteiger partial charge in [-0.15, -0.1) is 0 Å². The van der Waals surface area contributed by atoms with Gasteiger partial charge in [0.25, 0.3) is 0 Å². The van der Waals surface area contributed by atoms with Crippen LogP contribution in [0.4, 0.5) is 10.5 Å². The van der Waals surface area contributed by atoms with Gasteiger partial charge in [0.15, 0.2) is 0 Å². The molecular formula is C33H39BrN2O3. The van der Waals surface area contributed by atoms with Gasteiger partial charge < -0.3 is 19.6 Å². The van der Waals surface area contributed by atoms with Gasteiger partial charge in [-0.05, 0) is 92.1 Å². The first-order valence-electron chi connectivity index (χ1n) is 13.7. The lowest BCUT2D eigenvalue weighted by Crippen LogP contribution is -2.50. The summed E-state index contributed by atoms with van der Waals surface area (Å²) in [5.41, 5.74) is 6.59. The monoisotopic (exact) mass is 590 g/mol. The minimum atomic E-state index is -0.487. The molecule has 0 atom stereocenters. The lowest BCUT2D eigenvalue weighted by atomic mass is 9.86. The number of ether oxygens (including phenoxy) is 1. The number of carbonyl (C=O) groups is 1. The van der Waals surface area contributed by atoms with Gasteiger partial charge in [-0.25, -0.2) is 4.79 Å². The fourth-order valence-corrected chi connectivity index (χ4v) is 5.18. The van der Waals surface area contributed by atoms with E-state index >= 15 is 0 Å². The van der Waals surface area contributed by atoms with Gasteiger partial charge in [-0.1, -0.05) is 70.6 Å². The highest BCUT2D eigenvalue weighted by Gasteiger charge is 2.26. The molecule has 5 nitrogen and oxygen atoms in total. The van der Waals surface area contributed by atoms with Crippen LogP contribution in [0.5, 0.6) is 0 Å². The van der Waals surface area contributed by atoms with Crippen molar-refractivity contribution in [2.24, 2.45) is 0 Å². The van der Waals surface area contributed by atoms with Crippen LogP contribution in [-0.2, 0) is 4.74 Å². The highest BCUT2D eigenvalue weighted by Crippen LogP contribution is 2.36. The lowest BCUT2D eigenvalue weighted by molar-refractivity contribution is 0.0240. The summed E-state index contributed by atoms with van der Waals surface area (Å²) in [4.78, 5) is 16.6. The van der Waals surface area contributed by atoms with E-state index in [-0.39, 0.29) is 12.7 Å². The molecule has 1 aliphatic heterocycles. The summed E-state index contributed by atoms with van der Waals surface area (Å²) in [7, 11) is 0. The number of hydrogen-bond acceptors (Lipinski definition) is 4. The van der Waals surface area contributed by atoms with Crippen molar-refractivity contribution >= 4 is 33.3 Å². The van der Waals surface area contributed by atoms with Crippen molar-refractivity contribution in [1.29, 1.82) is 0 Å². The van der Waals surface area contributed by atoms with Crippen molar-refractivity contribution in [2.45, 2.75) is 45.6 Å². The van der Waals surface area contributed by atoms with Crippen LogP contribution in [0, 0.1) is 0 Å². The number of nitrogens with zero attached hydrogens (tertiary/aromatic N) is 2. The topological polar surface area (TPSA) is 53.0 Å². The van der Waals surface area contributed by atoms with Crippen molar-refractivity contribution in [1.82, 2.24) is 4.90 Å². The highest BCUT2D eigenvalue weighted by molar-refractivity contribution is 9.10. The Morgan fingerprint density at radius 3 is 2.21 bits per heavy atom. The second-order valence-electron chi connectivity index (χ2n) is 10.9. The number of benzene rings is 2. The summed E-state index contributed by atoms with van der Waals surface area (Å²) >= 11 is 3.58. The Bertz CT molecular complexity index is 1240. The van der Waals surface area contributed by atoms with Crippen LogP contribution in [0.1, 0.15) is 51.2 Å². The van der Waals surface area contributed by atoms with Crippen molar-refractivity contribution < 1.29 is 14.6 Å². The molecule has 4 rings (SSSR count). The Morgan fingerprint density at radius 2 is 1.59 bits per heavy atom. The van der Waals surface area contributed by atoms with Gasteiger partial charge in [0.1, 0.15) is 5.60 Å². The zero-order valence-corrected chi connectivity index (χ0v) is 24.8. The molecule has 2 aromatic carbocycles. The van der Waals surface area contributed by atoms with E-state index in [2.05, 4.69) is 99.7 Å². The van der Waals surface area contributed by atoms with Crippen LogP contribution in [0.25, 0.3) is 5.57 Å². The van der Waals surface area contributed by atoms with Crippen LogP contribution in [0.2, 0.25) is 0 Å². The summed E-state index contributed by atoms with van der Waals surface area (Å²) in [6.45, 7) is 8.65. The average Bonchev–Trinajstić information content (AvgIpc) is 3.21. The SMILES string of the molecule is CC(C)(C)OC(=O)N1CCN(c2ccc(/C(=C(/CCCO)C3=CCC=CC=C3)c3ccc(Br)cc3)cc2)CC1. The number of carbonyl (C=O) groups excluding carboxylic acids is 1.